The van der Waals surface area contributed by atoms with E-state index >= 15 is 13.2 Å². The number of rotatable bonds is 8. The van der Waals surface area contributed by atoms with Gasteiger partial charge in [-0.25, -0.2) is 19.9 Å². The summed E-state index contributed by atoms with van der Waals surface area (Å²) < 4.78 is 49.1. The Hall–Kier alpha value is -9.00. The van der Waals surface area contributed by atoms with E-state index < -0.39 is 11.7 Å². The summed E-state index contributed by atoms with van der Waals surface area (Å²) >= 11 is 0. The second-order valence-electron chi connectivity index (χ2n) is 16.1. The van der Waals surface area contributed by atoms with Crippen LogP contribution in [0.15, 0.2) is 212 Å². The lowest BCUT2D eigenvalue weighted by Crippen LogP contribution is -2.11. The smallest absolute Gasteiger partial charge is 0.308 e. The van der Waals surface area contributed by atoms with Crippen molar-refractivity contribution in [2.75, 3.05) is 0 Å². The molecule has 6 nitrogen and oxygen atoms in total. The molecule has 0 spiro atoms. The zero-order chi connectivity index (χ0) is 45.5. The number of fused-ring (bicyclic) bond motifs is 3. The summed E-state index contributed by atoms with van der Waals surface area (Å²) in [5.74, 6) is 0.176. The number of hydrogen-bond donors (Lipinski definition) is 0. The minimum absolute atomic E-state index is 0.0881. The largest absolute Gasteiger partial charge is 0.416 e. The highest BCUT2D eigenvalue weighted by Gasteiger charge is 2.35. The van der Waals surface area contributed by atoms with Crippen LogP contribution in [0.1, 0.15) is 11.1 Å². The van der Waals surface area contributed by atoms with Crippen LogP contribution in [0.3, 0.4) is 0 Å². The van der Waals surface area contributed by atoms with Gasteiger partial charge >= 0.3 is 6.18 Å². The first-order valence-corrected chi connectivity index (χ1v) is 21.6. The molecule has 0 radical (unpaired) electrons. The Balaban J connectivity index is 1.29. The number of alkyl halides is 3. The highest BCUT2D eigenvalue weighted by Crippen LogP contribution is 2.45. The van der Waals surface area contributed by atoms with Crippen LogP contribution in [-0.2, 0) is 6.18 Å². The Morgan fingerprint density at radius 3 is 1.22 bits per heavy atom. The molecule has 0 unspecified atom stereocenters. The highest BCUT2D eigenvalue weighted by atomic mass is 19.4. The molecule has 67 heavy (non-hydrogen) atoms. The van der Waals surface area contributed by atoms with Crippen molar-refractivity contribution in [3.8, 4) is 90.7 Å². The SMILES string of the molecule is N#Cc1ccc(-c2ccc3c(c2)c2ccccc2n3-c2c(-c3nc(-c4ccccc4)cc(-c4ccccc4)n3)cc(C(F)(F)F)cc2-c2nc(-c3ccccc3)cc(-c3ccccc3)n2)cc1. The topological polar surface area (TPSA) is 80.3 Å². The summed E-state index contributed by atoms with van der Waals surface area (Å²) in [6.07, 6.45) is -4.79. The zero-order valence-corrected chi connectivity index (χ0v) is 35.5. The molecule has 0 saturated heterocycles. The minimum atomic E-state index is -4.79. The normalized spacial score (nSPS) is 11.5. The molecule has 318 valence electrons. The zero-order valence-electron chi connectivity index (χ0n) is 35.5. The summed E-state index contributed by atoms with van der Waals surface area (Å²) in [6, 6.07) is 67.7. The third kappa shape index (κ3) is 7.77. The average Bonchev–Trinajstić information content (AvgIpc) is 3.72. The standard InChI is InChI=1S/C58H35F3N6/c59-58(60,61)44-32-47(56-63-49(39-15-5-1-6-16-39)34-50(64-56)40-17-7-2-8-18-40)55(48(33-44)57-65-51(41-19-9-3-10-20-41)35-52(66-57)42-21-11-4-12-22-42)67-53-24-14-13-23-45(53)46-31-43(29-30-54(46)67)38-27-25-37(36-62)26-28-38/h1-35H. The molecule has 3 aromatic heterocycles. The number of hydrogen-bond acceptors (Lipinski definition) is 5. The molecule has 0 aliphatic carbocycles. The Morgan fingerprint density at radius 1 is 0.388 bits per heavy atom. The van der Waals surface area contributed by atoms with E-state index in [-0.39, 0.29) is 22.8 Å². The second-order valence-corrected chi connectivity index (χ2v) is 16.1. The van der Waals surface area contributed by atoms with E-state index in [1.807, 2.05) is 187 Å². The first-order chi connectivity index (χ1) is 32.8. The minimum Gasteiger partial charge on any atom is -0.308 e. The van der Waals surface area contributed by atoms with E-state index in [1.54, 1.807) is 12.1 Å². The number of nitriles is 1. The van der Waals surface area contributed by atoms with Gasteiger partial charge in [-0.15, -0.1) is 0 Å². The summed E-state index contributed by atoms with van der Waals surface area (Å²) in [4.78, 5) is 20.5. The van der Waals surface area contributed by atoms with E-state index in [1.165, 1.54) is 0 Å². The number of nitrogens with zero attached hydrogens (tertiary/aromatic N) is 6. The average molecular weight is 873 g/mol. The molecule has 0 amide bonds. The Bertz CT molecular complexity index is 3400. The van der Waals surface area contributed by atoms with Crippen molar-refractivity contribution in [2.24, 2.45) is 0 Å². The summed E-state index contributed by atoms with van der Waals surface area (Å²) in [5.41, 5.74) is 8.82. The van der Waals surface area contributed by atoms with Crippen LogP contribution >= 0.6 is 0 Å². The molecule has 0 aliphatic heterocycles. The lowest BCUT2D eigenvalue weighted by molar-refractivity contribution is -0.137. The fourth-order valence-electron chi connectivity index (χ4n) is 8.67. The molecule has 11 rings (SSSR count). The second kappa shape index (κ2) is 16.8. The van der Waals surface area contributed by atoms with Gasteiger partial charge in [-0.3, -0.25) is 0 Å². The quantitative estimate of drug-likeness (QED) is 0.152. The van der Waals surface area contributed by atoms with Gasteiger partial charge in [0.05, 0.1) is 56.7 Å². The summed E-state index contributed by atoms with van der Waals surface area (Å²) in [7, 11) is 0. The molecule has 0 fully saturated rings. The number of halogens is 3. The molecular formula is C58H35F3N6. The van der Waals surface area contributed by atoms with Gasteiger partial charge in [0.2, 0.25) is 0 Å². The monoisotopic (exact) mass is 872 g/mol. The maximum absolute atomic E-state index is 15.7. The molecule has 0 saturated carbocycles. The third-order valence-corrected chi connectivity index (χ3v) is 11.9. The van der Waals surface area contributed by atoms with Crippen molar-refractivity contribution in [1.29, 1.82) is 5.26 Å². The maximum Gasteiger partial charge on any atom is 0.416 e. The Morgan fingerprint density at radius 2 is 0.791 bits per heavy atom. The number of benzene rings is 8. The van der Waals surface area contributed by atoms with Crippen LogP contribution in [0.25, 0.3) is 106 Å². The van der Waals surface area contributed by atoms with Gasteiger partial charge in [-0.1, -0.05) is 158 Å². The van der Waals surface area contributed by atoms with Gasteiger partial charge in [0.1, 0.15) is 0 Å². The van der Waals surface area contributed by atoms with E-state index in [9.17, 15) is 5.26 Å². The first kappa shape index (κ1) is 40.8. The van der Waals surface area contributed by atoms with Crippen LogP contribution in [0.5, 0.6) is 0 Å². The number of para-hydroxylation sites is 1. The fraction of sp³-hybridized carbons (Fsp3) is 0.0172. The molecule has 3 heterocycles. The maximum atomic E-state index is 15.7. The van der Waals surface area contributed by atoms with Gasteiger partial charge in [0.15, 0.2) is 11.6 Å². The van der Waals surface area contributed by atoms with Crippen LogP contribution in [0.2, 0.25) is 0 Å². The van der Waals surface area contributed by atoms with Gasteiger partial charge in [-0.2, -0.15) is 18.4 Å². The Kier molecular flexibility index (Phi) is 10.2. The van der Waals surface area contributed by atoms with Crippen molar-refractivity contribution in [3.05, 3.63) is 223 Å². The van der Waals surface area contributed by atoms with Gasteiger partial charge < -0.3 is 4.57 Å². The van der Waals surface area contributed by atoms with Crippen molar-refractivity contribution < 1.29 is 13.2 Å². The lowest BCUT2D eigenvalue weighted by Gasteiger charge is -2.21. The van der Waals surface area contributed by atoms with E-state index in [0.29, 0.717) is 34.0 Å². The first-order valence-electron chi connectivity index (χ1n) is 21.6. The van der Waals surface area contributed by atoms with Crippen molar-refractivity contribution in [2.45, 2.75) is 6.18 Å². The predicted molar refractivity (Wildman–Crippen MR) is 260 cm³/mol. The molecule has 0 atom stereocenters. The van der Waals surface area contributed by atoms with Crippen LogP contribution < -0.4 is 0 Å². The Labute approximate surface area is 383 Å². The lowest BCUT2D eigenvalue weighted by atomic mass is 9.98. The summed E-state index contributed by atoms with van der Waals surface area (Å²) in [5, 5.41) is 11.2. The molecule has 0 bridgehead atoms. The molecule has 0 N–H and O–H groups in total. The molecule has 9 heteroatoms. The molecule has 11 aromatic rings. The molecule has 0 aliphatic rings. The summed E-state index contributed by atoms with van der Waals surface area (Å²) in [6.45, 7) is 0. The van der Waals surface area contributed by atoms with E-state index in [2.05, 4.69) is 12.1 Å². The molecular weight excluding hydrogens is 838 g/mol. The van der Waals surface area contributed by atoms with Crippen LogP contribution in [0, 0.1) is 11.3 Å². The van der Waals surface area contributed by atoms with Crippen molar-refractivity contribution in [3.63, 3.8) is 0 Å². The van der Waals surface area contributed by atoms with Crippen LogP contribution in [0.4, 0.5) is 13.2 Å². The van der Waals surface area contributed by atoms with E-state index in [4.69, 9.17) is 19.9 Å². The highest BCUT2D eigenvalue weighted by molar-refractivity contribution is 6.11. The van der Waals surface area contributed by atoms with Crippen molar-refractivity contribution >= 4 is 21.8 Å². The number of aromatic nitrogens is 5. The van der Waals surface area contributed by atoms with E-state index in [0.717, 1.165) is 67.3 Å². The predicted octanol–water partition coefficient (Wildman–Crippen LogP) is 14.9. The van der Waals surface area contributed by atoms with Gasteiger partial charge in [-0.05, 0) is 65.7 Å². The van der Waals surface area contributed by atoms with Crippen molar-refractivity contribution in [1.82, 2.24) is 24.5 Å². The van der Waals surface area contributed by atoms with Gasteiger partial charge in [0, 0.05) is 44.2 Å². The molecule has 8 aromatic carbocycles. The van der Waals surface area contributed by atoms with Gasteiger partial charge in [0.25, 0.3) is 0 Å². The van der Waals surface area contributed by atoms with Crippen LogP contribution in [-0.4, -0.2) is 24.5 Å². The third-order valence-electron chi connectivity index (χ3n) is 11.9. The fourth-order valence-corrected chi connectivity index (χ4v) is 8.67.